The molecule has 1 aromatic carbocycles. The van der Waals surface area contributed by atoms with E-state index >= 15 is 0 Å². The summed E-state index contributed by atoms with van der Waals surface area (Å²) in [5.74, 6) is 0.777. The Morgan fingerprint density at radius 3 is 2.55 bits per heavy atom. The van der Waals surface area contributed by atoms with Crippen molar-refractivity contribution in [1.29, 1.82) is 0 Å². The monoisotopic (exact) mass is 311 g/mol. The van der Waals surface area contributed by atoms with E-state index < -0.39 is 10.0 Å². The van der Waals surface area contributed by atoms with Crippen LogP contribution in [0.25, 0.3) is 0 Å². The first-order valence-electron chi connectivity index (χ1n) is 6.23. The minimum atomic E-state index is -3.42. The number of aryl methyl sites for hydroxylation is 2. The van der Waals surface area contributed by atoms with Crippen LogP contribution in [0, 0.1) is 13.8 Å². The maximum atomic E-state index is 12.0. The summed E-state index contributed by atoms with van der Waals surface area (Å²) < 4.78 is 32.4. The molecular weight excluding hydrogens is 294 g/mol. The Labute approximate surface area is 123 Å². The van der Waals surface area contributed by atoms with Crippen molar-refractivity contribution in [2.24, 2.45) is 0 Å². The molecule has 4 nitrogen and oxygen atoms in total. The molecule has 0 radical (unpaired) electrons. The van der Waals surface area contributed by atoms with Crippen molar-refractivity contribution in [2.45, 2.75) is 18.1 Å². The van der Waals surface area contributed by atoms with Crippen LogP contribution in [0.4, 0.5) is 0 Å². The molecule has 1 N–H and O–H groups in total. The quantitative estimate of drug-likeness (QED) is 0.835. The van der Waals surface area contributed by atoms with E-state index in [1.165, 1.54) is 11.3 Å². The summed E-state index contributed by atoms with van der Waals surface area (Å²) in [5.41, 5.74) is 1.03. The van der Waals surface area contributed by atoms with Gasteiger partial charge in [-0.1, -0.05) is 18.2 Å². The van der Waals surface area contributed by atoms with Gasteiger partial charge in [-0.05, 0) is 37.6 Å². The number of nitrogens with one attached hydrogen (secondary N) is 1. The molecule has 0 spiro atoms. The maximum Gasteiger partial charge on any atom is 0.250 e. The lowest BCUT2D eigenvalue weighted by molar-refractivity contribution is 0.321. The number of benzene rings is 1. The second-order valence-corrected chi connectivity index (χ2v) is 7.66. The zero-order valence-corrected chi connectivity index (χ0v) is 13.1. The van der Waals surface area contributed by atoms with Crippen LogP contribution >= 0.6 is 11.3 Å². The molecule has 108 valence electrons. The Hall–Kier alpha value is -1.37. The summed E-state index contributed by atoms with van der Waals surface area (Å²) in [5, 5.41) is 0. The summed E-state index contributed by atoms with van der Waals surface area (Å²) in [7, 11) is -3.42. The van der Waals surface area contributed by atoms with E-state index in [0.717, 1.165) is 16.2 Å². The van der Waals surface area contributed by atoms with Gasteiger partial charge in [0.25, 0.3) is 0 Å². The molecule has 0 saturated carbocycles. The van der Waals surface area contributed by atoms with Gasteiger partial charge in [-0.15, -0.1) is 11.3 Å². The third kappa shape index (κ3) is 3.82. The molecule has 20 heavy (non-hydrogen) atoms. The number of para-hydroxylation sites is 1. The maximum absolute atomic E-state index is 12.0. The molecular formula is C14H17NO3S2. The van der Waals surface area contributed by atoms with Crippen LogP contribution in [-0.4, -0.2) is 21.6 Å². The van der Waals surface area contributed by atoms with Crippen molar-refractivity contribution in [1.82, 2.24) is 4.72 Å². The molecule has 0 atom stereocenters. The summed E-state index contributed by atoms with van der Waals surface area (Å²) in [6, 6.07) is 11.1. The molecule has 0 amide bonds. The average Bonchev–Trinajstić information content (AvgIpc) is 2.84. The number of hydrogen-bond acceptors (Lipinski definition) is 4. The molecule has 1 heterocycles. The third-order valence-electron chi connectivity index (χ3n) is 2.73. The zero-order valence-electron chi connectivity index (χ0n) is 11.4. The van der Waals surface area contributed by atoms with Crippen molar-refractivity contribution in [3.05, 3.63) is 46.8 Å². The molecule has 0 saturated heterocycles. The Bertz CT molecular complexity index is 677. The van der Waals surface area contributed by atoms with Crippen LogP contribution in [0.3, 0.4) is 0 Å². The van der Waals surface area contributed by atoms with Gasteiger partial charge in [-0.25, -0.2) is 13.1 Å². The van der Waals surface area contributed by atoms with Crippen molar-refractivity contribution >= 4 is 21.4 Å². The van der Waals surface area contributed by atoms with Crippen LogP contribution in [0.5, 0.6) is 5.75 Å². The van der Waals surface area contributed by atoms with Gasteiger partial charge in [0.1, 0.15) is 16.6 Å². The molecule has 0 aliphatic rings. The number of hydrogen-bond donors (Lipinski definition) is 1. The number of rotatable bonds is 6. The van der Waals surface area contributed by atoms with Gasteiger partial charge in [0.2, 0.25) is 10.0 Å². The average molecular weight is 311 g/mol. The molecule has 0 aliphatic heterocycles. The van der Waals surface area contributed by atoms with Crippen LogP contribution in [0.15, 0.2) is 40.6 Å². The van der Waals surface area contributed by atoms with Gasteiger partial charge in [-0.2, -0.15) is 0 Å². The predicted octanol–water partition coefficient (Wildman–Crippen LogP) is 2.72. The normalized spacial score (nSPS) is 11.5. The largest absolute Gasteiger partial charge is 0.492 e. The van der Waals surface area contributed by atoms with Crippen LogP contribution in [0.1, 0.15) is 10.4 Å². The highest BCUT2D eigenvalue weighted by Gasteiger charge is 2.15. The number of ether oxygens (including phenoxy) is 1. The molecule has 2 rings (SSSR count). The minimum Gasteiger partial charge on any atom is -0.492 e. The van der Waals surface area contributed by atoms with E-state index in [1.54, 1.807) is 12.1 Å². The molecule has 0 unspecified atom stereocenters. The van der Waals surface area contributed by atoms with Crippen molar-refractivity contribution in [3.8, 4) is 5.75 Å². The Kier molecular flexibility index (Phi) is 4.80. The number of thiophene rings is 1. The van der Waals surface area contributed by atoms with Gasteiger partial charge in [0.15, 0.2) is 0 Å². The minimum absolute atomic E-state index is 0.244. The van der Waals surface area contributed by atoms with Crippen molar-refractivity contribution in [2.75, 3.05) is 13.2 Å². The van der Waals surface area contributed by atoms with Crippen molar-refractivity contribution in [3.63, 3.8) is 0 Å². The fourth-order valence-electron chi connectivity index (χ4n) is 1.68. The summed E-state index contributed by atoms with van der Waals surface area (Å²) in [6.07, 6.45) is 0. The van der Waals surface area contributed by atoms with Crippen LogP contribution < -0.4 is 9.46 Å². The first-order valence-corrected chi connectivity index (χ1v) is 8.53. The standard InChI is InChI=1S/C14H17NO3S2/c1-11-5-3-4-6-13(11)18-10-9-15-20(16,17)14-8-7-12(2)19-14/h3-8,15H,9-10H2,1-2H3. The smallest absolute Gasteiger partial charge is 0.250 e. The topological polar surface area (TPSA) is 55.4 Å². The fourth-order valence-corrected chi connectivity index (χ4v) is 4.02. The third-order valence-corrected chi connectivity index (χ3v) is 5.68. The lowest BCUT2D eigenvalue weighted by Gasteiger charge is -2.09. The van der Waals surface area contributed by atoms with Gasteiger partial charge in [-0.3, -0.25) is 0 Å². The van der Waals surface area contributed by atoms with Crippen LogP contribution in [0.2, 0.25) is 0 Å². The van der Waals surface area contributed by atoms with E-state index in [-0.39, 0.29) is 6.54 Å². The summed E-state index contributed by atoms with van der Waals surface area (Å²) in [4.78, 5) is 0.974. The van der Waals surface area contributed by atoms with E-state index in [1.807, 2.05) is 38.1 Å². The lowest BCUT2D eigenvalue weighted by atomic mass is 10.2. The fraction of sp³-hybridized carbons (Fsp3) is 0.286. The number of sulfonamides is 1. The Balaban J connectivity index is 1.86. The lowest BCUT2D eigenvalue weighted by Crippen LogP contribution is -2.27. The second-order valence-electron chi connectivity index (χ2n) is 4.38. The molecule has 0 aliphatic carbocycles. The molecule has 0 fully saturated rings. The highest BCUT2D eigenvalue weighted by Crippen LogP contribution is 2.20. The molecule has 2 aromatic rings. The highest BCUT2D eigenvalue weighted by atomic mass is 32.2. The van der Waals surface area contributed by atoms with Gasteiger partial charge in [0.05, 0.1) is 0 Å². The van der Waals surface area contributed by atoms with E-state index in [4.69, 9.17) is 4.74 Å². The van der Waals surface area contributed by atoms with Gasteiger partial charge < -0.3 is 4.74 Å². The van der Waals surface area contributed by atoms with Crippen LogP contribution in [-0.2, 0) is 10.0 Å². The summed E-state index contributed by atoms with van der Waals surface area (Å²) >= 11 is 1.26. The molecule has 1 aromatic heterocycles. The SMILES string of the molecule is Cc1ccc(S(=O)(=O)NCCOc2ccccc2C)s1. The molecule has 6 heteroatoms. The zero-order chi connectivity index (χ0) is 14.6. The van der Waals surface area contributed by atoms with Crippen molar-refractivity contribution < 1.29 is 13.2 Å². The predicted molar refractivity (Wildman–Crippen MR) is 80.9 cm³/mol. The Morgan fingerprint density at radius 2 is 1.90 bits per heavy atom. The van der Waals surface area contributed by atoms with E-state index in [2.05, 4.69) is 4.72 Å². The Morgan fingerprint density at radius 1 is 1.15 bits per heavy atom. The van der Waals surface area contributed by atoms with E-state index in [0.29, 0.717) is 10.8 Å². The first kappa shape index (κ1) is 15.0. The highest BCUT2D eigenvalue weighted by molar-refractivity contribution is 7.91. The van der Waals surface area contributed by atoms with E-state index in [9.17, 15) is 8.42 Å². The summed E-state index contributed by atoms with van der Waals surface area (Å²) in [6.45, 7) is 4.38. The van der Waals surface area contributed by atoms with Gasteiger partial charge >= 0.3 is 0 Å². The second kappa shape index (κ2) is 6.39. The van der Waals surface area contributed by atoms with Gasteiger partial charge in [0, 0.05) is 11.4 Å². The first-order chi connectivity index (χ1) is 9.49. The molecule has 0 bridgehead atoms.